The maximum atomic E-state index is 13.1. The van der Waals surface area contributed by atoms with E-state index in [9.17, 15) is 4.39 Å². The highest BCUT2D eigenvalue weighted by Gasteiger charge is 2.01. The summed E-state index contributed by atoms with van der Waals surface area (Å²) in [6, 6.07) is 8.64. The summed E-state index contributed by atoms with van der Waals surface area (Å²) in [4.78, 5) is 8.66. The molecule has 134 valence electrons. The number of hydrogen-bond donors (Lipinski definition) is 2. The molecule has 1 aromatic heterocycles. The van der Waals surface area contributed by atoms with Crippen molar-refractivity contribution in [2.45, 2.75) is 26.7 Å². The summed E-state index contributed by atoms with van der Waals surface area (Å²) in [7, 11) is 0. The van der Waals surface area contributed by atoms with Crippen LogP contribution in [-0.2, 0) is 12.8 Å². The van der Waals surface area contributed by atoms with Crippen LogP contribution in [0.2, 0.25) is 5.15 Å². The van der Waals surface area contributed by atoms with Gasteiger partial charge in [-0.3, -0.25) is 4.99 Å². The predicted octanol–water partition coefficient (Wildman–Crippen LogP) is 3.52. The third-order valence-corrected chi connectivity index (χ3v) is 4.02. The molecule has 4 nitrogen and oxygen atoms in total. The van der Waals surface area contributed by atoms with E-state index in [1.807, 2.05) is 26.0 Å². The van der Waals surface area contributed by atoms with E-state index in [0.29, 0.717) is 11.7 Å². The van der Waals surface area contributed by atoms with E-state index in [4.69, 9.17) is 11.6 Å². The Hall–Kier alpha value is -2.14. The Morgan fingerprint density at radius 1 is 1.20 bits per heavy atom. The molecule has 0 bridgehead atoms. The highest BCUT2D eigenvalue weighted by atomic mass is 35.5. The second kappa shape index (κ2) is 9.99. The topological polar surface area (TPSA) is 49.3 Å². The number of hydrogen-bond acceptors (Lipinski definition) is 2. The maximum absolute atomic E-state index is 13.1. The molecule has 0 amide bonds. The van der Waals surface area contributed by atoms with Crippen molar-refractivity contribution in [3.63, 3.8) is 0 Å². The van der Waals surface area contributed by atoms with Gasteiger partial charge in [0.1, 0.15) is 11.0 Å². The lowest BCUT2D eigenvalue weighted by molar-refractivity contribution is 0.625. The summed E-state index contributed by atoms with van der Waals surface area (Å²) in [5.74, 6) is 0.584. The first-order valence-corrected chi connectivity index (χ1v) is 8.84. The first-order valence-electron chi connectivity index (χ1n) is 8.46. The molecule has 0 aliphatic rings. The molecule has 1 aromatic carbocycles. The van der Waals surface area contributed by atoms with Gasteiger partial charge in [0, 0.05) is 25.8 Å². The second-order valence-corrected chi connectivity index (χ2v) is 6.13. The fraction of sp³-hybridized carbons (Fsp3) is 0.368. The quantitative estimate of drug-likeness (QED) is 0.450. The molecule has 6 heteroatoms. The van der Waals surface area contributed by atoms with Gasteiger partial charge in [0.15, 0.2) is 5.96 Å². The molecular weight excluding hydrogens is 339 g/mol. The van der Waals surface area contributed by atoms with Gasteiger partial charge in [0.25, 0.3) is 0 Å². The van der Waals surface area contributed by atoms with Crippen LogP contribution in [-0.4, -0.2) is 30.6 Å². The standard InChI is InChI=1S/C19H24ClFN4/c1-3-22-19(23-10-8-15-4-7-18(20)25-13-15)24-11-9-16-5-6-17(21)12-14(16)2/h4-7,12-13H,3,8-11H2,1-2H3,(H2,22,23,24). The second-order valence-electron chi connectivity index (χ2n) is 5.75. The monoisotopic (exact) mass is 362 g/mol. The summed E-state index contributed by atoms with van der Waals surface area (Å²) in [6.45, 7) is 6.15. The number of nitrogens with one attached hydrogen (secondary N) is 2. The number of nitrogens with zero attached hydrogens (tertiary/aromatic N) is 2. The van der Waals surface area contributed by atoms with Crippen molar-refractivity contribution in [2.75, 3.05) is 19.6 Å². The van der Waals surface area contributed by atoms with E-state index >= 15 is 0 Å². The van der Waals surface area contributed by atoms with Gasteiger partial charge >= 0.3 is 0 Å². The molecule has 0 fully saturated rings. The van der Waals surface area contributed by atoms with Crippen molar-refractivity contribution < 1.29 is 4.39 Å². The number of pyridine rings is 1. The van der Waals surface area contributed by atoms with E-state index < -0.39 is 0 Å². The maximum Gasteiger partial charge on any atom is 0.191 e. The van der Waals surface area contributed by atoms with Crippen molar-refractivity contribution in [3.8, 4) is 0 Å². The molecule has 0 spiro atoms. The number of benzene rings is 1. The number of rotatable bonds is 7. The minimum absolute atomic E-state index is 0.198. The van der Waals surface area contributed by atoms with E-state index in [1.165, 1.54) is 6.07 Å². The Morgan fingerprint density at radius 2 is 2.04 bits per heavy atom. The highest BCUT2D eigenvalue weighted by Crippen LogP contribution is 2.10. The van der Waals surface area contributed by atoms with Gasteiger partial charge in [-0.2, -0.15) is 0 Å². The molecule has 0 atom stereocenters. The molecule has 25 heavy (non-hydrogen) atoms. The number of aryl methyl sites for hydroxylation is 1. The summed E-state index contributed by atoms with van der Waals surface area (Å²) in [5, 5.41) is 7.04. The Bertz CT molecular complexity index is 701. The molecule has 2 aromatic rings. The number of guanidine groups is 1. The minimum Gasteiger partial charge on any atom is -0.357 e. The Balaban J connectivity index is 1.83. The Kier molecular flexibility index (Phi) is 7.67. The average Bonchev–Trinajstić information content (AvgIpc) is 2.58. The van der Waals surface area contributed by atoms with Gasteiger partial charge in [-0.25, -0.2) is 9.37 Å². The van der Waals surface area contributed by atoms with Crippen molar-refractivity contribution in [3.05, 3.63) is 64.2 Å². The number of aromatic nitrogens is 1. The van der Waals surface area contributed by atoms with Crippen LogP contribution in [0.15, 0.2) is 41.5 Å². The first-order chi connectivity index (χ1) is 12.1. The van der Waals surface area contributed by atoms with Crippen LogP contribution in [0.1, 0.15) is 23.6 Å². The molecule has 2 rings (SSSR count). The summed E-state index contributed by atoms with van der Waals surface area (Å²) < 4.78 is 13.1. The van der Waals surface area contributed by atoms with Crippen LogP contribution in [0.4, 0.5) is 4.39 Å². The van der Waals surface area contributed by atoms with Gasteiger partial charge in [0.2, 0.25) is 0 Å². The van der Waals surface area contributed by atoms with Gasteiger partial charge < -0.3 is 10.6 Å². The van der Waals surface area contributed by atoms with Crippen LogP contribution in [0.5, 0.6) is 0 Å². The molecule has 0 aliphatic heterocycles. The molecule has 1 heterocycles. The zero-order valence-corrected chi connectivity index (χ0v) is 15.4. The molecule has 0 radical (unpaired) electrons. The van der Waals surface area contributed by atoms with Gasteiger partial charge in [-0.15, -0.1) is 0 Å². The zero-order chi connectivity index (χ0) is 18.1. The summed E-state index contributed by atoms with van der Waals surface area (Å²) in [5.41, 5.74) is 3.20. The Labute approximate surface area is 153 Å². The molecule has 0 saturated heterocycles. The molecule has 0 saturated carbocycles. The molecular formula is C19H24ClFN4. The van der Waals surface area contributed by atoms with E-state index in [2.05, 4.69) is 20.6 Å². The fourth-order valence-electron chi connectivity index (χ4n) is 2.45. The third kappa shape index (κ3) is 6.70. The first kappa shape index (κ1) is 19.2. The fourth-order valence-corrected chi connectivity index (χ4v) is 2.56. The number of halogens is 2. The van der Waals surface area contributed by atoms with E-state index in [0.717, 1.165) is 48.6 Å². The lowest BCUT2D eigenvalue weighted by atomic mass is 10.1. The lowest BCUT2D eigenvalue weighted by Gasteiger charge is -2.11. The van der Waals surface area contributed by atoms with Gasteiger partial charge in [0.05, 0.1) is 0 Å². The largest absolute Gasteiger partial charge is 0.357 e. The van der Waals surface area contributed by atoms with Crippen LogP contribution in [0.3, 0.4) is 0 Å². The molecule has 2 N–H and O–H groups in total. The summed E-state index contributed by atoms with van der Waals surface area (Å²) in [6.07, 6.45) is 3.40. The van der Waals surface area contributed by atoms with E-state index in [1.54, 1.807) is 18.3 Å². The molecule has 0 unspecified atom stereocenters. The number of aliphatic imine (C=N–C) groups is 1. The minimum atomic E-state index is -0.198. The van der Waals surface area contributed by atoms with Gasteiger partial charge in [-0.1, -0.05) is 23.7 Å². The highest BCUT2D eigenvalue weighted by molar-refractivity contribution is 6.29. The van der Waals surface area contributed by atoms with Crippen LogP contribution in [0.25, 0.3) is 0 Å². The van der Waals surface area contributed by atoms with Crippen LogP contribution in [0, 0.1) is 12.7 Å². The Morgan fingerprint density at radius 3 is 2.72 bits per heavy atom. The van der Waals surface area contributed by atoms with E-state index in [-0.39, 0.29) is 5.82 Å². The normalized spacial score (nSPS) is 11.4. The summed E-state index contributed by atoms with van der Waals surface area (Å²) >= 11 is 5.79. The smallest absolute Gasteiger partial charge is 0.191 e. The van der Waals surface area contributed by atoms with Crippen molar-refractivity contribution in [1.82, 2.24) is 15.6 Å². The average molecular weight is 363 g/mol. The van der Waals surface area contributed by atoms with Crippen molar-refractivity contribution in [1.29, 1.82) is 0 Å². The predicted molar refractivity (Wildman–Crippen MR) is 102 cm³/mol. The SMILES string of the molecule is CCNC(=NCCc1ccc(F)cc1C)NCCc1ccc(Cl)nc1. The molecule has 0 aliphatic carbocycles. The van der Waals surface area contributed by atoms with Gasteiger partial charge in [-0.05, 0) is 61.6 Å². The van der Waals surface area contributed by atoms with Crippen molar-refractivity contribution >= 4 is 17.6 Å². The van der Waals surface area contributed by atoms with Crippen molar-refractivity contribution in [2.24, 2.45) is 4.99 Å². The third-order valence-electron chi connectivity index (χ3n) is 3.79. The lowest BCUT2D eigenvalue weighted by Crippen LogP contribution is -2.38. The zero-order valence-electron chi connectivity index (χ0n) is 14.6. The van der Waals surface area contributed by atoms with Crippen LogP contribution >= 0.6 is 11.6 Å². The van der Waals surface area contributed by atoms with Crippen LogP contribution < -0.4 is 10.6 Å².